The molecule has 1 heterocycles. The number of nitrogens with one attached hydrogen (secondary N) is 2. The molecule has 0 bridgehead atoms. The Labute approximate surface area is 137 Å². The van der Waals surface area contributed by atoms with Crippen molar-refractivity contribution in [3.05, 3.63) is 59.7 Å². The minimum absolute atomic E-state index is 0.0518. The van der Waals surface area contributed by atoms with Crippen molar-refractivity contribution >= 4 is 23.2 Å². The first-order valence-corrected chi connectivity index (χ1v) is 7.66. The molecule has 1 aliphatic rings. The van der Waals surface area contributed by atoms with E-state index in [9.17, 15) is 18.4 Å². The van der Waals surface area contributed by atoms with E-state index in [-0.39, 0.29) is 23.9 Å². The first kappa shape index (κ1) is 16.1. The van der Waals surface area contributed by atoms with Gasteiger partial charge >= 0.3 is 0 Å². The van der Waals surface area contributed by atoms with Crippen LogP contribution in [-0.2, 0) is 16.0 Å². The zero-order chi connectivity index (χ0) is 17.1. The van der Waals surface area contributed by atoms with Gasteiger partial charge in [0.2, 0.25) is 11.8 Å². The van der Waals surface area contributed by atoms with E-state index in [0.717, 1.165) is 29.4 Å². The quantitative estimate of drug-likeness (QED) is 0.901. The Bertz CT molecular complexity index is 792. The summed E-state index contributed by atoms with van der Waals surface area (Å²) < 4.78 is 26.6. The fraction of sp³-hybridized carbons (Fsp3) is 0.222. The van der Waals surface area contributed by atoms with E-state index in [1.165, 1.54) is 0 Å². The summed E-state index contributed by atoms with van der Waals surface area (Å²) in [4.78, 5) is 24.0. The molecule has 6 heteroatoms. The molecule has 2 aromatic rings. The normalized spacial score (nSPS) is 16.2. The molecule has 24 heavy (non-hydrogen) atoms. The molecule has 0 saturated carbocycles. The number of amides is 2. The van der Waals surface area contributed by atoms with E-state index in [0.29, 0.717) is 12.8 Å². The molecule has 0 aromatic heterocycles. The van der Waals surface area contributed by atoms with Crippen molar-refractivity contribution in [2.45, 2.75) is 19.3 Å². The molecule has 1 aliphatic heterocycles. The van der Waals surface area contributed by atoms with Gasteiger partial charge in [-0.05, 0) is 36.6 Å². The molecule has 2 amide bonds. The Morgan fingerprint density at radius 1 is 1.21 bits per heavy atom. The smallest absolute Gasteiger partial charge is 0.227 e. The Morgan fingerprint density at radius 3 is 2.83 bits per heavy atom. The molecule has 1 unspecified atom stereocenters. The SMILES string of the molecule is O=C(CCC1Cc2ccccc2NC1=O)Nc1cc(F)ccc1F. The van der Waals surface area contributed by atoms with Gasteiger partial charge in [-0.3, -0.25) is 9.59 Å². The average molecular weight is 330 g/mol. The van der Waals surface area contributed by atoms with Crippen LogP contribution in [0.15, 0.2) is 42.5 Å². The van der Waals surface area contributed by atoms with Gasteiger partial charge < -0.3 is 10.6 Å². The number of halogens is 2. The van der Waals surface area contributed by atoms with Crippen molar-refractivity contribution in [3.8, 4) is 0 Å². The summed E-state index contributed by atoms with van der Waals surface area (Å²) in [7, 11) is 0. The van der Waals surface area contributed by atoms with Gasteiger partial charge in [0.1, 0.15) is 11.6 Å². The monoisotopic (exact) mass is 330 g/mol. The van der Waals surface area contributed by atoms with Gasteiger partial charge in [-0.2, -0.15) is 0 Å². The molecule has 0 radical (unpaired) electrons. The lowest BCUT2D eigenvalue weighted by atomic mass is 9.89. The van der Waals surface area contributed by atoms with Crippen LogP contribution in [0.2, 0.25) is 0 Å². The average Bonchev–Trinajstić information content (AvgIpc) is 2.56. The molecular formula is C18H16F2N2O2. The van der Waals surface area contributed by atoms with Gasteiger partial charge in [-0.15, -0.1) is 0 Å². The predicted octanol–water partition coefficient (Wildman–Crippen LogP) is 3.49. The third-order valence-electron chi connectivity index (χ3n) is 4.03. The zero-order valence-corrected chi connectivity index (χ0v) is 12.8. The van der Waals surface area contributed by atoms with Gasteiger partial charge in [0.25, 0.3) is 0 Å². The fourth-order valence-electron chi connectivity index (χ4n) is 2.76. The highest BCUT2D eigenvalue weighted by Gasteiger charge is 2.26. The Balaban J connectivity index is 1.59. The molecule has 0 spiro atoms. The van der Waals surface area contributed by atoms with E-state index >= 15 is 0 Å². The molecule has 124 valence electrons. The second kappa shape index (κ2) is 6.78. The van der Waals surface area contributed by atoms with Crippen LogP contribution in [0.5, 0.6) is 0 Å². The van der Waals surface area contributed by atoms with E-state index < -0.39 is 17.5 Å². The Kier molecular flexibility index (Phi) is 4.55. The Morgan fingerprint density at radius 2 is 2.00 bits per heavy atom. The van der Waals surface area contributed by atoms with Gasteiger partial charge in [0.15, 0.2) is 0 Å². The van der Waals surface area contributed by atoms with Crippen molar-refractivity contribution in [2.24, 2.45) is 5.92 Å². The van der Waals surface area contributed by atoms with Crippen LogP contribution >= 0.6 is 0 Å². The van der Waals surface area contributed by atoms with E-state index in [2.05, 4.69) is 10.6 Å². The van der Waals surface area contributed by atoms with Crippen LogP contribution in [0, 0.1) is 17.6 Å². The maximum absolute atomic E-state index is 13.5. The third kappa shape index (κ3) is 3.59. The topological polar surface area (TPSA) is 58.2 Å². The summed E-state index contributed by atoms with van der Waals surface area (Å²) in [5, 5.41) is 5.16. The number of rotatable bonds is 4. The minimum Gasteiger partial charge on any atom is -0.326 e. The second-order valence-electron chi connectivity index (χ2n) is 5.76. The summed E-state index contributed by atoms with van der Waals surface area (Å²) >= 11 is 0. The maximum atomic E-state index is 13.5. The van der Waals surface area contributed by atoms with Gasteiger partial charge in [0, 0.05) is 24.1 Å². The van der Waals surface area contributed by atoms with Gasteiger partial charge in [0.05, 0.1) is 5.69 Å². The second-order valence-corrected chi connectivity index (χ2v) is 5.76. The highest BCUT2D eigenvalue weighted by atomic mass is 19.1. The van der Waals surface area contributed by atoms with Crippen LogP contribution in [0.1, 0.15) is 18.4 Å². The van der Waals surface area contributed by atoms with Crippen LogP contribution in [0.3, 0.4) is 0 Å². The molecule has 4 nitrogen and oxygen atoms in total. The van der Waals surface area contributed by atoms with Gasteiger partial charge in [-0.1, -0.05) is 18.2 Å². The van der Waals surface area contributed by atoms with Gasteiger partial charge in [-0.25, -0.2) is 8.78 Å². The highest BCUT2D eigenvalue weighted by Crippen LogP contribution is 2.27. The number of para-hydroxylation sites is 1. The number of fused-ring (bicyclic) bond motifs is 1. The lowest BCUT2D eigenvalue weighted by molar-refractivity contribution is -0.121. The Hall–Kier alpha value is -2.76. The predicted molar refractivity (Wildman–Crippen MR) is 86.5 cm³/mol. The fourth-order valence-corrected chi connectivity index (χ4v) is 2.76. The molecule has 1 atom stereocenters. The van der Waals surface area contributed by atoms with Crippen LogP contribution in [0.4, 0.5) is 20.2 Å². The summed E-state index contributed by atoms with van der Waals surface area (Å²) in [5.41, 5.74) is 1.63. The zero-order valence-electron chi connectivity index (χ0n) is 12.8. The molecule has 0 fully saturated rings. The minimum atomic E-state index is -0.700. The summed E-state index contributed by atoms with van der Waals surface area (Å²) in [6.45, 7) is 0. The summed E-state index contributed by atoms with van der Waals surface area (Å²) in [5.74, 6) is -2.23. The molecular weight excluding hydrogens is 314 g/mol. The van der Waals surface area contributed by atoms with E-state index in [1.54, 1.807) is 0 Å². The van der Waals surface area contributed by atoms with Crippen LogP contribution < -0.4 is 10.6 Å². The van der Waals surface area contributed by atoms with Crippen LogP contribution in [0.25, 0.3) is 0 Å². The van der Waals surface area contributed by atoms with Crippen molar-refractivity contribution in [3.63, 3.8) is 0 Å². The van der Waals surface area contributed by atoms with Crippen molar-refractivity contribution in [1.82, 2.24) is 0 Å². The number of carbonyl (C=O) groups excluding carboxylic acids is 2. The third-order valence-corrected chi connectivity index (χ3v) is 4.03. The maximum Gasteiger partial charge on any atom is 0.227 e. The summed E-state index contributed by atoms with van der Waals surface area (Å²) in [6, 6.07) is 10.4. The van der Waals surface area contributed by atoms with E-state index in [4.69, 9.17) is 0 Å². The standard InChI is InChI=1S/C18H16F2N2O2/c19-13-6-7-14(20)16(10-13)21-17(23)8-5-12-9-11-3-1-2-4-15(11)22-18(12)24/h1-4,6-7,10,12H,5,8-9H2,(H,21,23)(H,22,24). The first-order valence-electron chi connectivity index (χ1n) is 7.66. The highest BCUT2D eigenvalue weighted by molar-refractivity contribution is 5.96. The summed E-state index contributed by atoms with van der Waals surface area (Å²) in [6.07, 6.45) is 0.947. The first-order chi connectivity index (χ1) is 11.5. The number of hydrogen-bond donors (Lipinski definition) is 2. The van der Waals surface area contributed by atoms with Crippen molar-refractivity contribution in [1.29, 1.82) is 0 Å². The molecule has 2 aromatic carbocycles. The van der Waals surface area contributed by atoms with Crippen molar-refractivity contribution in [2.75, 3.05) is 10.6 Å². The number of anilines is 2. The number of carbonyl (C=O) groups is 2. The number of benzene rings is 2. The van der Waals surface area contributed by atoms with Crippen LogP contribution in [-0.4, -0.2) is 11.8 Å². The molecule has 0 saturated heterocycles. The lowest BCUT2D eigenvalue weighted by Gasteiger charge is -2.24. The molecule has 2 N–H and O–H groups in total. The van der Waals surface area contributed by atoms with Crippen molar-refractivity contribution < 1.29 is 18.4 Å². The molecule has 0 aliphatic carbocycles. The van der Waals surface area contributed by atoms with E-state index in [1.807, 2.05) is 24.3 Å². The molecule has 3 rings (SSSR count). The largest absolute Gasteiger partial charge is 0.326 e. The number of hydrogen-bond acceptors (Lipinski definition) is 2. The lowest BCUT2D eigenvalue weighted by Crippen LogP contribution is -2.30.